The van der Waals surface area contributed by atoms with Gasteiger partial charge in [0, 0.05) is 11.1 Å². The summed E-state index contributed by atoms with van der Waals surface area (Å²) < 4.78 is 68.9. The van der Waals surface area contributed by atoms with Gasteiger partial charge in [0.1, 0.15) is 27.0 Å². The van der Waals surface area contributed by atoms with Gasteiger partial charge in [-0.15, -0.1) is 0 Å². The summed E-state index contributed by atoms with van der Waals surface area (Å²) in [5.41, 5.74) is 3.09. The number of phenolic OH excluding ortho intramolecular Hbond substituents is 2. The van der Waals surface area contributed by atoms with Crippen molar-refractivity contribution in [1.82, 2.24) is 0 Å². The van der Waals surface area contributed by atoms with Gasteiger partial charge in [0.05, 0.1) is 6.10 Å². The van der Waals surface area contributed by atoms with Gasteiger partial charge in [-0.1, -0.05) is 69.3 Å². The fourth-order valence-electron chi connectivity index (χ4n) is 4.64. The van der Waals surface area contributed by atoms with Gasteiger partial charge in [0.15, 0.2) is 5.75 Å². The van der Waals surface area contributed by atoms with Gasteiger partial charge >= 0.3 is 10.1 Å². The Hall–Kier alpha value is -4.84. The van der Waals surface area contributed by atoms with Crippen molar-refractivity contribution in [2.45, 2.75) is 55.9 Å². The molecule has 0 saturated heterocycles. The second kappa shape index (κ2) is 14.5. The lowest BCUT2D eigenvalue weighted by Gasteiger charge is -2.21. The maximum absolute atomic E-state index is 12.6. The molecule has 5 rings (SSSR count). The molecule has 5 aromatic rings. The average molecular weight is 691 g/mol. The Morgan fingerprint density at radius 3 is 1.69 bits per heavy atom. The largest absolute Gasteiger partial charge is 0.508 e. The fourth-order valence-corrected chi connectivity index (χ4v) is 6.30. The monoisotopic (exact) mass is 690 g/mol. The van der Waals surface area contributed by atoms with Crippen molar-refractivity contribution in [3.05, 3.63) is 121 Å². The molecule has 3 N–H and O–H groups in total. The van der Waals surface area contributed by atoms with Crippen LogP contribution in [0.2, 0.25) is 0 Å². The Morgan fingerprint density at radius 1 is 0.646 bits per heavy atom. The third kappa shape index (κ3) is 9.37. The summed E-state index contributed by atoms with van der Waals surface area (Å²) in [5.74, 6) is 0.991. The summed E-state index contributed by atoms with van der Waals surface area (Å²) in [4.78, 5) is -0.0645. The number of aromatic hydroxyl groups is 2. The molecule has 0 aliphatic rings. The lowest BCUT2D eigenvalue weighted by atomic mass is 9.85. The van der Waals surface area contributed by atoms with E-state index in [1.807, 2.05) is 34.6 Å². The van der Waals surface area contributed by atoms with Crippen molar-refractivity contribution in [3.63, 3.8) is 0 Å². The van der Waals surface area contributed by atoms with E-state index < -0.39 is 20.2 Å². The molecule has 9 nitrogen and oxygen atoms in total. The van der Waals surface area contributed by atoms with Gasteiger partial charge in [-0.25, -0.2) is 0 Å². The van der Waals surface area contributed by atoms with E-state index in [0.29, 0.717) is 28.0 Å². The lowest BCUT2D eigenvalue weighted by Crippen LogP contribution is -2.12. The molecule has 0 bridgehead atoms. The number of ether oxygens (including phenoxy) is 1. The van der Waals surface area contributed by atoms with Crippen molar-refractivity contribution in [2.75, 3.05) is 0 Å². The fraction of sp³-hybridized carbons (Fsp3) is 0.189. The summed E-state index contributed by atoms with van der Waals surface area (Å²) in [6, 6.07) is 30.4. The molecular formula is C37H38O9S2. The highest BCUT2D eigenvalue weighted by Gasteiger charge is 2.22. The van der Waals surface area contributed by atoms with Crippen LogP contribution in [0.1, 0.15) is 40.2 Å². The van der Waals surface area contributed by atoms with Crippen molar-refractivity contribution in [1.29, 1.82) is 0 Å². The van der Waals surface area contributed by atoms with Crippen LogP contribution < -0.4 is 8.92 Å². The third-order valence-electron chi connectivity index (χ3n) is 7.03. The van der Waals surface area contributed by atoms with E-state index in [4.69, 9.17) is 8.92 Å². The van der Waals surface area contributed by atoms with E-state index in [1.54, 1.807) is 72.8 Å². The van der Waals surface area contributed by atoms with Gasteiger partial charge in [0.25, 0.3) is 10.1 Å². The van der Waals surface area contributed by atoms with E-state index >= 15 is 0 Å². The first-order valence-electron chi connectivity index (χ1n) is 14.9. The second-order valence-electron chi connectivity index (χ2n) is 12.2. The number of hydrogen-bond donors (Lipinski definition) is 3. The summed E-state index contributed by atoms with van der Waals surface area (Å²) in [7, 11) is -8.29. The van der Waals surface area contributed by atoms with Crippen LogP contribution in [0.25, 0.3) is 22.3 Å². The molecule has 0 aliphatic carbocycles. The average Bonchev–Trinajstić information content (AvgIpc) is 3.02. The third-order valence-corrected chi connectivity index (χ3v) is 9.19. The van der Waals surface area contributed by atoms with Crippen LogP contribution in [0, 0.1) is 0 Å². The van der Waals surface area contributed by atoms with E-state index in [1.165, 1.54) is 42.5 Å². The van der Waals surface area contributed by atoms with Gasteiger partial charge < -0.3 is 19.1 Å². The standard InChI is InChI=1S/C21H20O5S.C16H18O4S/c1-15(2)25-18-12-13-21(20(14-18)16-8-10-17(22)11-9-16)26-27(23,24)19-6-4-3-5-7-19;1-16(2,3)12-6-9-15(21(18,19)20)14(10-12)11-4-7-13(17)8-5-11/h3-15,22H,1-2H3;4-10,17H,1-3H3,(H,18,19,20). The molecule has 0 radical (unpaired) electrons. The molecule has 0 aromatic heterocycles. The first-order chi connectivity index (χ1) is 22.4. The first-order valence-corrected chi connectivity index (χ1v) is 17.8. The maximum atomic E-state index is 12.6. The zero-order valence-corrected chi connectivity index (χ0v) is 28.8. The number of hydrogen-bond acceptors (Lipinski definition) is 8. The topological polar surface area (TPSA) is 147 Å². The van der Waals surface area contributed by atoms with Crippen LogP contribution in [0.4, 0.5) is 0 Å². The molecule has 0 spiro atoms. The molecule has 5 aromatic carbocycles. The highest BCUT2D eigenvalue weighted by molar-refractivity contribution is 7.87. The minimum Gasteiger partial charge on any atom is -0.508 e. The predicted molar refractivity (Wildman–Crippen MR) is 186 cm³/mol. The molecule has 0 saturated carbocycles. The molecule has 0 unspecified atom stereocenters. The van der Waals surface area contributed by atoms with Crippen LogP contribution in [0.15, 0.2) is 125 Å². The predicted octanol–water partition coefficient (Wildman–Crippen LogP) is 8.22. The summed E-state index contributed by atoms with van der Waals surface area (Å²) in [6.07, 6.45) is -0.0301. The Labute approximate surface area is 281 Å². The second-order valence-corrected chi connectivity index (χ2v) is 15.1. The van der Waals surface area contributed by atoms with Crippen LogP contribution in [-0.2, 0) is 25.7 Å². The first kappa shape index (κ1) is 36.0. The molecule has 0 atom stereocenters. The summed E-state index contributed by atoms with van der Waals surface area (Å²) in [5, 5.41) is 18.9. The molecule has 0 heterocycles. The van der Waals surface area contributed by atoms with Crippen molar-refractivity contribution >= 4 is 20.2 Å². The summed E-state index contributed by atoms with van der Waals surface area (Å²) >= 11 is 0. The van der Waals surface area contributed by atoms with Gasteiger partial charge in [-0.05, 0) is 103 Å². The zero-order chi connectivity index (χ0) is 35.3. The van der Waals surface area contributed by atoms with Crippen LogP contribution >= 0.6 is 0 Å². The Balaban J connectivity index is 0.000000224. The minimum absolute atomic E-state index is 0.0301. The number of rotatable bonds is 8. The van der Waals surface area contributed by atoms with Crippen LogP contribution in [-0.4, -0.2) is 37.7 Å². The lowest BCUT2D eigenvalue weighted by molar-refractivity contribution is 0.242. The molecule has 48 heavy (non-hydrogen) atoms. The summed E-state index contributed by atoms with van der Waals surface area (Å²) in [6.45, 7) is 9.89. The molecule has 0 fully saturated rings. The minimum atomic E-state index is -4.32. The van der Waals surface area contributed by atoms with Gasteiger partial charge in [-0.2, -0.15) is 16.8 Å². The van der Waals surface area contributed by atoms with E-state index in [0.717, 1.165) is 5.56 Å². The van der Waals surface area contributed by atoms with E-state index in [-0.39, 0.29) is 38.6 Å². The molecule has 252 valence electrons. The van der Waals surface area contributed by atoms with Crippen molar-refractivity contribution in [3.8, 4) is 45.3 Å². The SMILES string of the molecule is CC(C)(C)c1ccc(S(=O)(=O)O)c(-c2ccc(O)cc2)c1.CC(C)Oc1ccc(OS(=O)(=O)c2ccccc2)c(-c2ccc(O)cc2)c1. The van der Waals surface area contributed by atoms with E-state index in [9.17, 15) is 31.6 Å². The van der Waals surface area contributed by atoms with Crippen molar-refractivity contribution in [2.24, 2.45) is 0 Å². The van der Waals surface area contributed by atoms with Crippen molar-refractivity contribution < 1.29 is 40.5 Å². The normalized spacial score (nSPS) is 11.8. The number of benzene rings is 5. The highest BCUT2D eigenvalue weighted by Crippen LogP contribution is 2.37. The molecule has 0 aliphatic heterocycles. The molecule has 0 amide bonds. The van der Waals surface area contributed by atoms with Crippen LogP contribution in [0.5, 0.6) is 23.0 Å². The maximum Gasteiger partial charge on any atom is 0.339 e. The van der Waals surface area contributed by atoms with Crippen LogP contribution in [0.3, 0.4) is 0 Å². The quantitative estimate of drug-likeness (QED) is 0.108. The molecular weight excluding hydrogens is 653 g/mol. The highest BCUT2D eigenvalue weighted by atomic mass is 32.2. The Bertz CT molecular complexity index is 2070. The van der Waals surface area contributed by atoms with E-state index in [2.05, 4.69) is 0 Å². The van der Waals surface area contributed by atoms with Gasteiger partial charge in [-0.3, -0.25) is 4.55 Å². The van der Waals surface area contributed by atoms with Gasteiger partial charge in [0.2, 0.25) is 0 Å². The Morgan fingerprint density at radius 2 is 1.19 bits per heavy atom. The smallest absolute Gasteiger partial charge is 0.339 e. The Kier molecular flexibility index (Phi) is 10.9. The zero-order valence-electron chi connectivity index (χ0n) is 27.2. The molecule has 11 heteroatoms. The number of phenols is 2.